The van der Waals surface area contributed by atoms with E-state index in [0.29, 0.717) is 16.9 Å². The molecule has 0 saturated carbocycles. The first-order valence-corrected chi connectivity index (χ1v) is 13.1. The third-order valence-corrected chi connectivity index (χ3v) is 7.23. The van der Waals surface area contributed by atoms with Gasteiger partial charge in [-0.1, -0.05) is 36.4 Å². The molecule has 0 aliphatic rings. The number of isothiocyanates is 1. The summed E-state index contributed by atoms with van der Waals surface area (Å²) in [5.74, 6) is 0.680. The molecule has 0 radical (unpaired) electrons. The first kappa shape index (κ1) is 23.8. The summed E-state index contributed by atoms with van der Waals surface area (Å²) < 4.78 is 2.81. The first-order valence-electron chi connectivity index (χ1n) is 11.9. The molecular formula is C29H20N6OS2. The fourth-order valence-corrected chi connectivity index (χ4v) is 5.43. The van der Waals surface area contributed by atoms with Gasteiger partial charge in [0.05, 0.1) is 38.7 Å². The van der Waals surface area contributed by atoms with Crippen LogP contribution < -0.4 is 10.9 Å². The van der Waals surface area contributed by atoms with Crippen LogP contribution in [0.4, 0.5) is 11.5 Å². The lowest BCUT2D eigenvalue weighted by atomic mass is 9.98. The number of hydrogen-bond acceptors (Lipinski definition) is 8. The summed E-state index contributed by atoms with van der Waals surface area (Å²) in [6, 6.07) is 21.1. The second-order valence-electron chi connectivity index (χ2n) is 8.67. The Morgan fingerprint density at radius 2 is 1.92 bits per heavy atom. The molecule has 7 nitrogen and oxygen atoms in total. The minimum absolute atomic E-state index is 0.128. The minimum Gasteiger partial charge on any atom is -0.360 e. The molecule has 0 bridgehead atoms. The van der Waals surface area contributed by atoms with Crippen molar-refractivity contribution in [3.8, 4) is 16.8 Å². The van der Waals surface area contributed by atoms with E-state index in [1.165, 1.54) is 0 Å². The van der Waals surface area contributed by atoms with Crippen molar-refractivity contribution in [2.75, 3.05) is 5.32 Å². The SMILES string of the molecule is C[C@H](Nc1nccc2scnc12)c1cc2cccc(-c3cncc(N=C=S)c3)c2c(=O)n1-c1ccccc1. The number of thiazole rings is 1. The Morgan fingerprint density at radius 1 is 1.05 bits per heavy atom. The molecule has 0 aliphatic carbocycles. The van der Waals surface area contributed by atoms with Crippen molar-refractivity contribution >= 4 is 61.2 Å². The fraction of sp³-hybridized carbons (Fsp3) is 0.0690. The largest absolute Gasteiger partial charge is 0.360 e. The number of nitrogens with one attached hydrogen (secondary N) is 1. The van der Waals surface area contributed by atoms with Crippen molar-refractivity contribution < 1.29 is 0 Å². The Morgan fingerprint density at radius 3 is 2.76 bits per heavy atom. The number of aliphatic imine (C=N–C) groups is 1. The first-order chi connectivity index (χ1) is 18.6. The van der Waals surface area contributed by atoms with Crippen molar-refractivity contribution in [3.05, 3.63) is 107 Å². The van der Waals surface area contributed by atoms with Crippen LogP contribution in [0.3, 0.4) is 0 Å². The predicted molar refractivity (Wildman–Crippen MR) is 157 cm³/mol. The second kappa shape index (κ2) is 10.1. The Bertz CT molecular complexity index is 1910. The average Bonchev–Trinajstić information content (AvgIpc) is 3.43. The van der Waals surface area contributed by atoms with Crippen LogP contribution in [-0.2, 0) is 0 Å². The van der Waals surface area contributed by atoms with E-state index in [-0.39, 0.29) is 11.6 Å². The van der Waals surface area contributed by atoms with Gasteiger partial charge in [0.1, 0.15) is 5.52 Å². The average molecular weight is 533 g/mol. The van der Waals surface area contributed by atoms with Gasteiger partial charge in [-0.15, -0.1) is 11.3 Å². The van der Waals surface area contributed by atoms with Crippen LogP contribution in [0.2, 0.25) is 0 Å². The zero-order chi connectivity index (χ0) is 26.1. The molecule has 0 unspecified atom stereocenters. The number of hydrogen-bond donors (Lipinski definition) is 1. The van der Waals surface area contributed by atoms with E-state index in [9.17, 15) is 4.79 Å². The van der Waals surface area contributed by atoms with Gasteiger partial charge in [0.15, 0.2) is 5.82 Å². The third kappa shape index (κ3) is 4.29. The summed E-state index contributed by atoms with van der Waals surface area (Å²) in [6.07, 6.45) is 5.10. The predicted octanol–water partition coefficient (Wildman–Crippen LogP) is 6.96. The van der Waals surface area contributed by atoms with Gasteiger partial charge in [-0.2, -0.15) is 4.99 Å². The van der Waals surface area contributed by atoms with Crippen molar-refractivity contribution in [2.24, 2.45) is 4.99 Å². The smallest absolute Gasteiger partial charge is 0.263 e. The van der Waals surface area contributed by atoms with Crippen LogP contribution >= 0.6 is 23.6 Å². The quantitative estimate of drug-likeness (QED) is 0.184. The van der Waals surface area contributed by atoms with E-state index < -0.39 is 0 Å². The summed E-state index contributed by atoms with van der Waals surface area (Å²) in [5.41, 5.74) is 6.19. The molecule has 0 amide bonds. The molecule has 0 spiro atoms. The highest BCUT2D eigenvalue weighted by Crippen LogP contribution is 2.32. The number of anilines is 1. The standard InChI is InChI=1S/C29H20N6OS2/c1-18(34-28-27-25(10-11-31-28)38-17-33-27)24-13-19-6-5-9-23(20-12-21(32-16-37)15-30-14-20)26(19)29(36)35(24)22-7-3-2-4-8-22/h2-15,17-18H,1H3,(H,31,34)/t18-/m0/s1. The van der Waals surface area contributed by atoms with Gasteiger partial charge >= 0.3 is 0 Å². The van der Waals surface area contributed by atoms with Crippen LogP contribution in [0.5, 0.6) is 0 Å². The molecule has 9 heteroatoms. The normalized spacial score (nSPS) is 11.8. The van der Waals surface area contributed by atoms with Gasteiger partial charge in [-0.3, -0.25) is 14.3 Å². The molecule has 38 heavy (non-hydrogen) atoms. The molecule has 1 atom stereocenters. The van der Waals surface area contributed by atoms with Gasteiger partial charge in [0.2, 0.25) is 0 Å². The number of para-hydroxylation sites is 1. The zero-order valence-electron chi connectivity index (χ0n) is 20.2. The maximum Gasteiger partial charge on any atom is 0.263 e. The van der Waals surface area contributed by atoms with E-state index in [1.807, 2.05) is 73.1 Å². The van der Waals surface area contributed by atoms with Crippen LogP contribution in [-0.4, -0.2) is 24.7 Å². The lowest BCUT2D eigenvalue weighted by Gasteiger charge is -2.22. The lowest BCUT2D eigenvalue weighted by Crippen LogP contribution is -2.26. The van der Waals surface area contributed by atoms with Crippen molar-refractivity contribution in [1.29, 1.82) is 0 Å². The van der Waals surface area contributed by atoms with Crippen molar-refractivity contribution in [1.82, 2.24) is 19.5 Å². The third-order valence-electron chi connectivity index (χ3n) is 6.34. The number of pyridine rings is 3. The fourth-order valence-electron chi connectivity index (χ4n) is 4.65. The summed E-state index contributed by atoms with van der Waals surface area (Å²) in [5, 5.41) is 7.29. The second-order valence-corrected chi connectivity index (χ2v) is 9.74. The molecule has 4 heterocycles. The number of nitrogens with zero attached hydrogens (tertiary/aromatic N) is 5. The number of thiocarbonyl (C=S) groups is 1. The molecular weight excluding hydrogens is 512 g/mol. The maximum atomic E-state index is 14.3. The highest BCUT2D eigenvalue weighted by Gasteiger charge is 2.20. The number of aromatic nitrogens is 4. The summed E-state index contributed by atoms with van der Waals surface area (Å²) in [7, 11) is 0. The van der Waals surface area contributed by atoms with Crippen LogP contribution in [0.1, 0.15) is 18.7 Å². The maximum absolute atomic E-state index is 14.3. The lowest BCUT2D eigenvalue weighted by molar-refractivity contribution is 0.774. The van der Waals surface area contributed by atoms with Crippen molar-refractivity contribution in [2.45, 2.75) is 13.0 Å². The number of rotatable bonds is 6. The van der Waals surface area contributed by atoms with E-state index >= 15 is 0 Å². The van der Waals surface area contributed by atoms with Crippen LogP contribution in [0.15, 0.2) is 101 Å². The summed E-state index contributed by atoms with van der Waals surface area (Å²) in [6.45, 7) is 2.02. The van der Waals surface area contributed by atoms with E-state index in [0.717, 1.165) is 38.1 Å². The van der Waals surface area contributed by atoms with Crippen molar-refractivity contribution in [3.63, 3.8) is 0 Å². The topological polar surface area (TPSA) is 85.1 Å². The molecule has 1 N–H and O–H groups in total. The zero-order valence-corrected chi connectivity index (χ0v) is 21.8. The Labute approximate surface area is 227 Å². The summed E-state index contributed by atoms with van der Waals surface area (Å²) >= 11 is 6.32. The number of benzene rings is 2. The molecule has 0 saturated heterocycles. The molecule has 4 aromatic heterocycles. The van der Waals surface area contributed by atoms with E-state index in [2.05, 4.69) is 36.5 Å². The van der Waals surface area contributed by atoms with Gasteiger partial charge in [-0.05, 0) is 60.4 Å². The van der Waals surface area contributed by atoms with E-state index in [4.69, 9.17) is 12.2 Å². The number of fused-ring (bicyclic) bond motifs is 2. The Kier molecular flexibility index (Phi) is 6.31. The van der Waals surface area contributed by atoms with Gasteiger partial charge in [-0.25, -0.2) is 9.97 Å². The Balaban J connectivity index is 1.57. The van der Waals surface area contributed by atoms with Crippen LogP contribution in [0.25, 0.3) is 37.8 Å². The molecule has 6 aromatic rings. The van der Waals surface area contributed by atoms with E-state index in [1.54, 1.807) is 34.5 Å². The minimum atomic E-state index is -0.252. The molecule has 0 aliphatic heterocycles. The Hall–Kier alpha value is -4.56. The highest BCUT2D eigenvalue weighted by atomic mass is 32.1. The summed E-state index contributed by atoms with van der Waals surface area (Å²) in [4.78, 5) is 31.7. The van der Waals surface area contributed by atoms with Gasteiger partial charge < -0.3 is 5.32 Å². The molecule has 184 valence electrons. The highest BCUT2D eigenvalue weighted by molar-refractivity contribution is 7.78. The molecule has 0 fully saturated rings. The monoisotopic (exact) mass is 532 g/mol. The molecule has 2 aromatic carbocycles. The van der Waals surface area contributed by atoms with Gasteiger partial charge in [0.25, 0.3) is 5.56 Å². The molecule has 6 rings (SSSR count). The van der Waals surface area contributed by atoms with Crippen LogP contribution in [0, 0.1) is 0 Å². The van der Waals surface area contributed by atoms with Gasteiger partial charge in [0, 0.05) is 29.3 Å².